The number of benzene rings is 1. The number of nitrogens with two attached hydrogens (primary N) is 1. The Balaban J connectivity index is 0.00000261. The van der Waals surface area contributed by atoms with E-state index in [-0.39, 0.29) is 18.3 Å². The standard InChI is InChI=1S/C20H25N3O2S.ClH/c1-3-4-8-18-15(14-7-5-6-9-17(14)25-18)12-23(2)20(24)16-13-26-19(22-16)10-11-21;/h5-7,9,13H,3-4,8,10-12,21H2,1-2H3;1H. The lowest BCUT2D eigenvalue weighted by Crippen LogP contribution is -2.27. The maximum absolute atomic E-state index is 12.8. The van der Waals surface area contributed by atoms with Crippen molar-refractivity contribution >= 4 is 40.6 Å². The summed E-state index contributed by atoms with van der Waals surface area (Å²) in [5, 5.41) is 3.80. The molecule has 2 aromatic heterocycles. The highest BCUT2D eigenvalue weighted by molar-refractivity contribution is 7.09. The zero-order valence-corrected chi connectivity index (χ0v) is 17.4. The summed E-state index contributed by atoms with van der Waals surface area (Å²) in [7, 11) is 1.82. The van der Waals surface area contributed by atoms with E-state index < -0.39 is 0 Å². The number of thiazole rings is 1. The van der Waals surface area contributed by atoms with Crippen LogP contribution in [0.15, 0.2) is 34.1 Å². The molecule has 146 valence electrons. The van der Waals surface area contributed by atoms with E-state index in [1.54, 1.807) is 4.90 Å². The summed E-state index contributed by atoms with van der Waals surface area (Å²) in [5.41, 5.74) is 8.04. The molecule has 1 amide bonds. The molecule has 0 bridgehead atoms. The molecule has 5 nitrogen and oxygen atoms in total. The molecule has 0 unspecified atom stereocenters. The quantitative estimate of drug-likeness (QED) is 0.599. The summed E-state index contributed by atoms with van der Waals surface area (Å²) >= 11 is 1.49. The lowest BCUT2D eigenvalue weighted by atomic mass is 10.1. The van der Waals surface area contributed by atoms with E-state index in [2.05, 4.69) is 18.0 Å². The Bertz CT molecular complexity index is 890. The fourth-order valence-corrected chi connectivity index (χ4v) is 3.80. The number of nitrogens with zero attached hydrogens (tertiary/aromatic N) is 2. The highest BCUT2D eigenvalue weighted by atomic mass is 35.5. The number of fused-ring (bicyclic) bond motifs is 1. The first-order valence-electron chi connectivity index (χ1n) is 9.03. The Morgan fingerprint density at radius 3 is 2.81 bits per heavy atom. The molecule has 3 aromatic rings. The first-order valence-corrected chi connectivity index (χ1v) is 9.91. The molecule has 27 heavy (non-hydrogen) atoms. The van der Waals surface area contributed by atoms with Gasteiger partial charge < -0.3 is 15.1 Å². The number of furan rings is 1. The number of aromatic nitrogens is 1. The lowest BCUT2D eigenvalue weighted by Gasteiger charge is -2.16. The molecule has 3 rings (SSSR count). The van der Waals surface area contributed by atoms with Crippen molar-refractivity contribution in [1.29, 1.82) is 0 Å². The lowest BCUT2D eigenvalue weighted by molar-refractivity contribution is 0.0780. The van der Waals surface area contributed by atoms with Crippen LogP contribution in [-0.4, -0.2) is 29.4 Å². The van der Waals surface area contributed by atoms with Crippen LogP contribution < -0.4 is 5.73 Å². The Kier molecular flexibility index (Phi) is 7.83. The Morgan fingerprint density at radius 1 is 1.30 bits per heavy atom. The molecule has 0 aliphatic heterocycles. The minimum absolute atomic E-state index is 0. The molecule has 1 aromatic carbocycles. The second-order valence-corrected chi connectivity index (χ2v) is 7.37. The molecule has 0 aliphatic rings. The summed E-state index contributed by atoms with van der Waals surface area (Å²) in [6.45, 7) is 3.22. The smallest absolute Gasteiger partial charge is 0.273 e. The van der Waals surface area contributed by atoms with Crippen molar-refractivity contribution in [2.24, 2.45) is 5.73 Å². The first-order chi connectivity index (χ1) is 12.6. The molecule has 2 heterocycles. The van der Waals surface area contributed by atoms with E-state index in [0.29, 0.717) is 25.2 Å². The highest BCUT2D eigenvalue weighted by Crippen LogP contribution is 2.28. The van der Waals surface area contributed by atoms with Crippen molar-refractivity contribution in [1.82, 2.24) is 9.88 Å². The number of para-hydroxylation sites is 1. The molecular weight excluding hydrogens is 382 g/mol. The van der Waals surface area contributed by atoms with Crippen molar-refractivity contribution in [3.8, 4) is 0 Å². The summed E-state index contributed by atoms with van der Waals surface area (Å²) in [6.07, 6.45) is 3.77. The van der Waals surface area contributed by atoms with Gasteiger partial charge in [-0.15, -0.1) is 23.7 Å². The molecule has 0 saturated carbocycles. The van der Waals surface area contributed by atoms with Crippen LogP contribution in [0.5, 0.6) is 0 Å². The van der Waals surface area contributed by atoms with Crippen molar-refractivity contribution in [2.45, 2.75) is 39.2 Å². The van der Waals surface area contributed by atoms with Crippen LogP contribution >= 0.6 is 23.7 Å². The van der Waals surface area contributed by atoms with Gasteiger partial charge in [-0.05, 0) is 19.0 Å². The molecule has 0 spiro atoms. The largest absolute Gasteiger partial charge is 0.461 e. The van der Waals surface area contributed by atoms with Gasteiger partial charge >= 0.3 is 0 Å². The molecule has 0 radical (unpaired) electrons. The summed E-state index contributed by atoms with van der Waals surface area (Å²) in [4.78, 5) is 18.9. The number of hydrogen-bond donors (Lipinski definition) is 1. The number of unbranched alkanes of at least 4 members (excludes halogenated alkanes) is 1. The van der Waals surface area contributed by atoms with Gasteiger partial charge in [-0.25, -0.2) is 4.98 Å². The average Bonchev–Trinajstić information content (AvgIpc) is 3.25. The fraction of sp³-hybridized carbons (Fsp3) is 0.400. The maximum Gasteiger partial charge on any atom is 0.273 e. The summed E-state index contributed by atoms with van der Waals surface area (Å²) < 4.78 is 6.06. The van der Waals surface area contributed by atoms with Crippen LogP contribution in [0.4, 0.5) is 0 Å². The van der Waals surface area contributed by atoms with Crippen LogP contribution in [0.3, 0.4) is 0 Å². The normalized spacial score (nSPS) is 10.8. The monoisotopic (exact) mass is 407 g/mol. The predicted molar refractivity (Wildman–Crippen MR) is 113 cm³/mol. The van der Waals surface area contributed by atoms with Crippen LogP contribution in [0.1, 0.15) is 46.6 Å². The number of rotatable bonds is 8. The molecular formula is C20H26ClN3O2S. The summed E-state index contributed by atoms with van der Waals surface area (Å²) in [6, 6.07) is 8.02. The maximum atomic E-state index is 12.8. The number of amides is 1. The Morgan fingerprint density at radius 2 is 2.07 bits per heavy atom. The molecule has 0 atom stereocenters. The number of carbonyl (C=O) groups excluding carboxylic acids is 1. The molecule has 0 saturated heterocycles. The van der Waals surface area contributed by atoms with Crippen molar-refractivity contribution < 1.29 is 9.21 Å². The fourth-order valence-electron chi connectivity index (χ4n) is 3.01. The van der Waals surface area contributed by atoms with E-state index >= 15 is 0 Å². The SMILES string of the molecule is CCCCc1oc2ccccc2c1CN(C)C(=O)c1csc(CCN)n1.Cl. The van der Waals surface area contributed by atoms with Crippen LogP contribution in [0.25, 0.3) is 11.0 Å². The van der Waals surface area contributed by atoms with Crippen LogP contribution in [0, 0.1) is 0 Å². The van der Waals surface area contributed by atoms with Crippen molar-refractivity contribution in [2.75, 3.05) is 13.6 Å². The second kappa shape index (κ2) is 9.88. The third-order valence-electron chi connectivity index (χ3n) is 4.41. The van der Waals surface area contributed by atoms with Crippen molar-refractivity contribution in [3.63, 3.8) is 0 Å². The molecule has 0 aliphatic carbocycles. The summed E-state index contributed by atoms with van der Waals surface area (Å²) in [5.74, 6) is 0.908. The number of aryl methyl sites for hydroxylation is 1. The highest BCUT2D eigenvalue weighted by Gasteiger charge is 2.20. The topological polar surface area (TPSA) is 72.4 Å². The Labute approximate surface area is 170 Å². The van der Waals surface area contributed by atoms with Gasteiger partial charge in [0.15, 0.2) is 0 Å². The van der Waals surface area contributed by atoms with Gasteiger partial charge in [0, 0.05) is 42.8 Å². The molecule has 0 fully saturated rings. The van der Waals surface area contributed by atoms with E-state index in [1.807, 2.05) is 30.6 Å². The second-order valence-electron chi connectivity index (χ2n) is 6.43. The minimum Gasteiger partial charge on any atom is -0.461 e. The van der Waals surface area contributed by atoms with Gasteiger partial charge in [0.05, 0.1) is 5.01 Å². The van der Waals surface area contributed by atoms with Gasteiger partial charge in [-0.3, -0.25) is 4.79 Å². The van der Waals surface area contributed by atoms with Gasteiger partial charge in [0.1, 0.15) is 17.0 Å². The predicted octanol–water partition coefficient (Wildman–Crippen LogP) is 4.43. The van der Waals surface area contributed by atoms with E-state index in [0.717, 1.165) is 46.6 Å². The molecule has 2 N–H and O–H groups in total. The van der Waals surface area contributed by atoms with Crippen molar-refractivity contribution in [3.05, 3.63) is 51.7 Å². The van der Waals surface area contributed by atoms with E-state index in [9.17, 15) is 4.79 Å². The average molecular weight is 408 g/mol. The van der Waals surface area contributed by atoms with Crippen LogP contribution in [0.2, 0.25) is 0 Å². The third kappa shape index (κ3) is 4.89. The molecule has 7 heteroatoms. The van der Waals surface area contributed by atoms with Crippen LogP contribution in [-0.2, 0) is 19.4 Å². The van der Waals surface area contributed by atoms with Gasteiger partial charge in [-0.1, -0.05) is 31.5 Å². The zero-order valence-electron chi connectivity index (χ0n) is 15.7. The first kappa shape index (κ1) is 21.4. The van der Waals surface area contributed by atoms with E-state index in [1.165, 1.54) is 11.3 Å². The number of carbonyl (C=O) groups is 1. The van der Waals surface area contributed by atoms with E-state index in [4.69, 9.17) is 10.2 Å². The number of halogens is 1. The van der Waals surface area contributed by atoms with Gasteiger partial charge in [0.2, 0.25) is 0 Å². The number of hydrogen-bond acceptors (Lipinski definition) is 5. The third-order valence-corrected chi connectivity index (χ3v) is 5.32. The zero-order chi connectivity index (χ0) is 18.5. The van der Waals surface area contributed by atoms with Gasteiger partial charge in [0.25, 0.3) is 5.91 Å². The van der Waals surface area contributed by atoms with Gasteiger partial charge in [-0.2, -0.15) is 0 Å². The Hall–Kier alpha value is -1.89. The minimum atomic E-state index is -0.0729.